The number of rotatable bonds is 4. The van der Waals surface area contributed by atoms with Gasteiger partial charge in [0.25, 0.3) is 0 Å². The normalized spacial score (nSPS) is 24.4. The van der Waals surface area contributed by atoms with Crippen LogP contribution in [0.5, 0.6) is 0 Å². The third-order valence-electron chi connectivity index (χ3n) is 4.39. The predicted octanol–water partition coefficient (Wildman–Crippen LogP) is 1.28. The van der Waals surface area contributed by atoms with E-state index in [2.05, 4.69) is 15.0 Å². The minimum Gasteiger partial charge on any atom is -0.481 e. The summed E-state index contributed by atoms with van der Waals surface area (Å²) in [7, 11) is 0. The molecule has 3 rings (SSSR count). The lowest BCUT2D eigenvalue weighted by atomic mass is 9.75. The molecule has 7 heteroatoms. The van der Waals surface area contributed by atoms with Gasteiger partial charge < -0.3 is 15.1 Å². The maximum absolute atomic E-state index is 11.7. The summed E-state index contributed by atoms with van der Waals surface area (Å²) in [6, 6.07) is 6.97. The van der Waals surface area contributed by atoms with Gasteiger partial charge in [-0.3, -0.25) is 9.78 Å². The number of pyridine rings is 1. The lowest BCUT2D eigenvalue weighted by Gasteiger charge is -2.43. The fraction of sp³-hybridized carbons (Fsp3) is 0.375. The summed E-state index contributed by atoms with van der Waals surface area (Å²) in [6.45, 7) is 0.0489. The zero-order valence-corrected chi connectivity index (χ0v) is 12.5. The van der Waals surface area contributed by atoms with Gasteiger partial charge in [0, 0.05) is 25.1 Å². The van der Waals surface area contributed by atoms with Crippen LogP contribution in [-0.4, -0.2) is 44.3 Å². The Bertz CT molecular complexity index is 668. The molecule has 0 amide bonds. The molecule has 1 aliphatic heterocycles. The molecule has 0 radical (unpaired) electrons. The van der Waals surface area contributed by atoms with E-state index in [4.69, 9.17) is 0 Å². The van der Waals surface area contributed by atoms with Crippen LogP contribution in [0, 0.1) is 5.41 Å². The summed E-state index contributed by atoms with van der Waals surface area (Å²) >= 11 is 0. The molecule has 2 unspecified atom stereocenters. The van der Waals surface area contributed by atoms with Crippen molar-refractivity contribution in [1.29, 1.82) is 0 Å². The summed E-state index contributed by atoms with van der Waals surface area (Å²) in [4.78, 5) is 26.6. The molecule has 2 aromatic heterocycles. The van der Waals surface area contributed by atoms with Crippen molar-refractivity contribution >= 4 is 11.9 Å². The van der Waals surface area contributed by atoms with Gasteiger partial charge in [0.1, 0.15) is 0 Å². The molecule has 3 heterocycles. The Balaban J connectivity index is 1.99. The van der Waals surface area contributed by atoms with Crippen LogP contribution in [0.4, 0.5) is 5.95 Å². The van der Waals surface area contributed by atoms with Gasteiger partial charge >= 0.3 is 5.97 Å². The SMILES string of the molecule is O=C(O)C1(CO)CCN(c2ncccn2)C(c2ccccn2)C1. The van der Waals surface area contributed by atoms with E-state index in [1.54, 1.807) is 24.7 Å². The second-order valence-corrected chi connectivity index (χ2v) is 5.71. The molecule has 120 valence electrons. The number of aliphatic hydroxyl groups excluding tert-OH is 1. The van der Waals surface area contributed by atoms with Crippen LogP contribution in [0.1, 0.15) is 24.6 Å². The Morgan fingerprint density at radius 3 is 2.57 bits per heavy atom. The largest absolute Gasteiger partial charge is 0.481 e. The highest BCUT2D eigenvalue weighted by atomic mass is 16.4. The lowest BCUT2D eigenvalue weighted by molar-refractivity contribution is -0.154. The van der Waals surface area contributed by atoms with E-state index in [0.29, 0.717) is 18.9 Å². The first-order chi connectivity index (χ1) is 11.2. The molecule has 0 saturated carbocycles. The van der Waals surface area contributed by atoms with Gasteiger partial charge in [0.15, 0.2) is 0 Å². The molecule has 2 N–H and O–H groups in total. The van der Waals surface area contributed by atoms with Crippen LogP contribution < -0.4 is 4.90 Å². The average Bonchev–Trinajstić information content (AvgIpc) is 2.62. The van der Waals surface area contributed by atoms with Gasteiger partial charge in [-0.25, -0.2) is 9.97 Å². The smallest absolute Gasteiger partial charge is 0.312 e. The highest BCUT2D eigenvalue weighted by Gasteiger charge is 2.46. The van der Waals surface area contributed by atoms with Crippen molar-refractivity contribution in [3.8, 4) is 0 Å². The zero-order chi connectivity index (χ0) is 16.3. The second-order valence-electron chi connectivity index (χ2n) is 5.71. The lowest BCUT2D eigenvalue weighted by Crippen LogP contribution is -2.48. The Morgan fingerprint density at radius 1 is 1.22 bits per heavy atom. The first kappa shape index (κ1) is 15.4. The van der Waals surface area contributed by atoms with Gasteiger partial charge in [-0.1, -0.05) is 6.07 Å². The van der Waals surface area contributed by atoms with Crippen molar-refractivity contribution in [3.63, 3.8) is 0 Å². The van der Waals surface area contributed by atoms with E-state index in [0.717, 1.165) is 5.69 Å². The molecule has 0 bridgehead atoms. The monoisotopic (exact) mass is 314 g/mol. The molecule has 0 aliphatic carbocycles. The summed E-state index contributed by atoms with van der Waals surface area (Å²) in [5, 5.41) is 19.3. The number of piperidine rings is 1. The zero-order valence-electron chi connectivity index (χ0n) is 12.5. The van der Waals surface area contributed by atoms with E-state index >= 15 is 0 Å². The van der Waals surface area contributed by atoms with Crippen LogP contribution in [0.2, 0.25) is 0 Å². The van der Waals surface area contributed by atoms with Crippen molar-refractivity contribution in [2.45, 2.75) is 18.9 Å². The Hall–Kier alpha value is -2.54. The number of carboxylic acid groups (broad SMARTS) is 1. The fourth-order valence-corrected chi connectivity index (χ4v) is 2.99. The number of anilines is 1. The van der Waals surface area contributed by atoms with E-state index in [-0.39, 0.29) is 12.5 Å². The molecular weight excluding hydrogens is 296 g/mol. The van der Waals surface area contributed by atoms with E-state index in [1.165, 1.54) is 0 Å². The second kappa shape index (κ2) is 6.29. The molecule has 1 saturated heterocycles. The number of hydrogen-bond acceptors (Lipinski definition) is 6. The topological polar surface area (TPSA) is 99.4 Å². The van der Waals surface area contributed by atoms with Gasteiger partial charge in [-0.2, -0.15) is 0 Å². The molecule has 2 aromatic rings. The Morgan fingerprint density at radius 2 is 1.96 bits per heavy atom. The fourth-order valence-electron chi connectivity index (χ4n) is 2.99. The number of aliphatic carboxylic acids is 1. The van der Waals surface area contributed by atoms with Crippen LogP contribution in [0.15, 0.2) is 42.9 Å². The van der Waals surface area contributed by atoms with Gasteiger partial charge in [-0.05, 0) is 31.0 Å². The van der Waals surface area contributed by atoms with Crippen LogP contribution >= 0.6 is 0 Å². The minimum absolute atomic E-state index is 0.258. The van der Waals surface area contributed by atoms with Crippen molar-refractivity contribution in [2.75, 3.05) is 18.1 Å². The van der Waals surface area contributed by atoms with E-state index in [9.17, 15) is 15.0 Å². The molecule has 1 fully saturated rings. The quantitative estimate of drug-likeness (QED) is 0.876. The van der Waals surface area contributed by atoms with E-state index in [1.807, 2.05) is 23.1 Å². The third kappa shape index (κ3) is 2.87. The van der Waals surface area contributed by atoms with Gasteiger partial charge in [0.2, 0.25) is 5.95 Å². The van der Waals surface area contributed by atoms with E-state index < -0.39 is 18.0 Å². The minimum atomic E-state index is -1.16. The molecule has 2 atom stereocenters. The number of carbonyl (C=O) groups is 1. The maximum Gasteiger partial charge on any atom is 0.312 e. The number of hydrogen-bond donors (Lipinski definition) is 2. The number of carboxylic acids is 1. The Kier molecular flexibility index (Phi) is 4.20. The standard InChI is InChI=1S/C16H18N4O3/c21-11-16(14(22)23)5-9-20(15-18-7-3-8-19-15)13(10-16)12-4-1-2-6-17-12/h1-4,6-8,13,21H,5,9-11H2,(H,22,23). The maximum atomic E-state index is 11.7. The highest BCUT2D eigenvalue weighted by molar-refractivity contribution is 5.75. The van der Waals surface area contributed by atoms with Crippen LogP contribution in [0.3, 0.4) is 0 Å². The molecule has 0 aromatic carbocycles. The first-order valence-corrected chi connectivity index (χ1v) is 7.45. The molecule has 23 heavy (non-hydrogen) atoms. The summed E-state index contributed by atoms with van der Waals surface area (Å²) < 4.78 is 0. The molecule has 0 spiro atoms. The number of aliphatic hydroxyl groups is 1. The van der Waals surface area contributed by atoms with Crippen LogP contribution in [0.25, 0.3) is 0 Å². The highest BCUT2D eigenvalue weighted by Crippen LogP contribution is 2.42. The number of aromatic nitrogens is 3. The molecular formula is C16H18N4O3. The number of nitrogens with zero attached hydrogens (tertiary/aromatic N) is 4. The first-order valence-electron chi connectivity index (χ1n) is 7.45. The predicted molar refractivity (Wildman–Crippen MR) is 82.7 cm³/mol. The van der Waals surface area contributed by atoms with Crippen molar-refractivity contribution in [2.24, 2.45) is 5.41 Å². The Labute approximate surface area is 133 Å². The molecule has 1 aliphatic rings. The van der Waals surface area contributed by atoms with Crippen molar-refractivity contribution in [3.05, 3.63) is 48.5 Å². The van der Waals surface area contributed by atoms with Crippen molar-refractivity contribution in [1.82, 2.24) is 15.0 Å². The van der Waals surface area contributed by atoms with Crippen molar-refractivity contribution < 1.29 is 15.0 Å². The average molecular weight is 314 g/mol. The van der Waals surface area contributed by atoms with Crippen LogP contribution in [-0.2, 0) is 4.79 Å². The van der Waals surface area contributed by atoms with Gasteiger partial charge in [0.05, 0.1) is 23.8 Å². The molecule has 7 nitrogen and oxygen atoms in total. The third-order valence-corrected chi connectivity index (χ3v) is 4.39. The van der Waals surface area contributed by atoms with Gasteiger partial charge in [-0.15, -0.1) is 0 Å². The summed E-state index contributed by atoms with van der Waals surface area (Å²) in [6.07, 6.45) is 5.58. The summed E-state index contributed by atoms with van der Waals surface area (Å²) in [5.74, 6) is -0.436. The summed E-state index contributed by atoms with van der Waals surface area (Å²) in [5.41, 5.74) is -0.410.